The standard InChI is InChI=1S/C21H29N3O5S/c1-13(2)10-19(24-30(27,28)17-8-6-16(29-5)7-9-17)21(26)22-12-18-14(3)11-15(4)23-20(18)25/h6-9,11,13,19,24H,10,12H2,1-5H3,(H,22,26)(H,23,25)/t19-/m0/s1. The monoisotopic (exact) mass is 435 g/mol. The summed E-state index contributed by atoms with van der Waals surface area (Å²) in [4.78, 5) is 27.7. The first-order valence-electron chi connectivity index (χ1n) is 9.67. The number of aromatic nitrogens is 1. The van der Waals surface area contributed by atoms with Crippen LogP contribution in [0.3, 0.4) is 0 Å². The van der Waals surface area contributed by atoms with Gasteiger partial charge in [0.05, 0.1) is 12.0 Å². The number of nitrogens with one attached hydrogen (secondary N) is 3. The number of aryl methyl sites for hydroxylation is 2. The first-order valence-corrected chi connectivity index (χ1v) is 11.1. The van der Waals surface area contributed by atoms with Gasteiger partial charge < -0.3 is 15.0 Å². The van der Waals surface area contributed by atoms with E-state index in [0.29, 0.717) is 17.7 Å². The zero-order valence-corrected chi connectivity index (χ0v) is 18.7. The minimum absolute atomic E-state index is 0.0130. The minimum Gasteiger partial charge on any atom is -0.497 e. The third kappa shape index (κ3) is 6.17. The average Bonchev–Trinajstić information content (AvgIpc) is 2.66. The molecule has 164 valence electrons. The molecule has 0 spiro atoms. The van der Waals surface area contributed by atoms with Crippen LogP contribution in [0.2, 0.25) is 0 Å². The largest absolute Gasteiger partial charge is 0.497 e. The van der Waals surface area contributed by atoms with Crippen LogP contribution in [-0.4, -0.2) is 32.5 Å². The predicted molar refractivity (Wildman–Crippen MR) is 115 cm³/mol. The van der Waals surface area contributed by atoms with E-state index < -0.39 is 22.0 Å². The van der Waals surface area contributed by atoms with Crippen LogP contribution in [0.1, 0.15) is 37.1 Å². The van der Waals surface area contributed by atoms with Gasteiger partial charge in [-0.3, -0.25) is 9.59 Å². The van der Waals surface area contributed by atoms with E-state index in [1.165, 1.54) is 19.2 Å². The number of hydrogen-bond donors (Lipinski definition) is 3. The van der Waals surface area contributed by atoms with Crippen molar-refractivity contribution in [3.8, 4) is 5.75 Å². The summed E-state index contributed by atoms with van der Waals surface area (Å²) in [5.41, 5.74) is 1.66. The highest BCUT2D eigenvalue weighted by molar-refractivity contribution is 7.89. The highest BCUT2D eigenvalue weighted by Gasteiger charge is 2.26. The summed E-state index contributed by atoms with van der Waals surface area (Å²) in [5, 5.41) is 2.69. The zero-order chi connectivity index (χ0) is 22.5. The van der Waals surface area contributed by atoms with Gasteiger partial charge >= 0.3 is 0 Å². The van der Waals surface area contributed by atoms with Gasteiger partial charge in [0, 0.05) is 17.8 Å². The Morgan fingerprint density at radius 3 is 2.33 bits per heavy atom. The van der Waals surface area contributed by atoms with Crippen molar-refractivity contribution in [2.75, 3.05) is 7.11 Å². The molecule has 9 heteroatoms. The summed E-state index contributed by atoms with van der Waals surface area (Å²) in [5.74, 6) is 0.119. The maximum Gasteiger partial charge on any atom is 0.253 e. The number of rotatable bonds is 9. The van der Waals surface area contributed by atoms with Gasteiger partial charge in [-0.15, -0.1) is 0 Å². The molecule has 0 fully saturated rings. The number of methoxy groups -OCH3 is 1. The number of benzene rings is 1. The normalized spacial score (nSPS) is 12.6. The van der Waals surface area contributed by atoms with Gasteiger partial charge in [-0.1, -0.05) is 13.8 Å². The van der Waals surface area contributed by atoms with Crippen LogP contribution in [0.5, 0.6) is 5.75 Å². The van der Waals surface area contributed by atoms with Gasteiger partial charge in [0.1, 0.15) is 11.8 Å². The second-order valence-electron chi connectivity index (χ2n) is 7.64. The number of pyridine rings is 1. The molecule has 30 heavy (non-hydrogen) atoms. The first kappa shape index (κ1) is 23.6. The molecule has 1 atom stereocenters. The third-order valence-corrected chi connectivity index (χ3v) is 6.11. The summed E-state index contributed by atoms with van der Waals surface area (Å²) >= 11 is 0. The molecule has 2 aromatic rings. The third-order valence-electron chi connectivity index (χ3n) is 4.62. The van der Waals surface area contributed by atoms with Crippen molar-refractivity contribution < 1.29 is 17.9 Å². The van der Waals surface area contributed by atoms with E-state index in [1.54, 1.807) is 26.0 Å². The Labute approximate surface area is 177 Å². The first-order chi connectivity index (χ1) is 14.0. The van der Waals surface area contributed by atoms with Gasteiger partial charge in [-0.25, -0.2) is 8.42 Å². The fraction of sp³-hybridized carbons (Fsp3) is 0.429. The van der Waals surface area contributed by atoms with Gasteiger partial charge in [0.15, 0.2) is 0 Å². The number of carbonyl (C=O) groups excluding carboxylic acids is 1. The highest BCUT2D eigenvalue weighted by Crippen LogP contribution is 2.17. The highest BCUT2D eigenvalue weighted by atomic mass is 32.2. The van der Waals surface area contributed by atoms with Crippen molar-refractivity contribution in [3.63, 3.8) is 0 Å². The molecular formula is C21H29N3O5S. The van der Waals surface area contributed by atoms with Crippen molar-refractivity contribution in [2.24, 2.45) is 5.92 Å². The van der Waals surface area contributed by atoms with Crippen molar-refractivity contribution in [1.82, 2.24) is 15.0 Å². The Kier molecular flexibility index (Phi) is 7.80. The Morgan fingerprint density at radius 1 is 1.17 bits per heavy atom. The maximum absolute atomic E-state index is 12.8. The molecule has 3 N–H and O–H groups in total. The number of hydrogen-bond acceptors (Lipinski definition) is 5. The molecule has 0 aliphatic rings. The average molecular weight is 436 g/mol. The second kappa shape index (κ2) is 9.90. The molecule has 0 saturated heterocycles. The van der Waals surface area contributed by atoms with E-state index >= 15 is 0 Å². The van der Waals surface area contributed by atoms with Crippen molar-refractivity contribution >= 4 is 15.9 Å². The van der Waals surface area contributed by atoms with Crippen LogP contribution in [0.25, 0.3) is 0 Å². The van der Waals surface area contributed by atoms with Crippen molar-refractivity contribution in [1.29, 1.82) is 0 Å². The van der Waals surface area contributed by atoms with Gasteiger partial charge in [-0.05, 0) is 62.1 Å². The summed E-state index contributed by atoms with van der Waals surface area (Å²) in [7, 11) is -2.42. The second-order valence-corrected chi connectivity index (χ2v) is 9.35. The van der Waals surface area contributed by atoms with Crippen LogP contribution in [0.15, 0.2) is 40.0 Å². The summed E-state index contributed by atoms with van der Waals surface area (Å²) in [6.07, 6.45) is 0.310. The Morgan fingerprint density at radius 2 is 1.80 bits per heavy atom. The lowest BCUT2D eigenvalue weighted by Gasteiger charge is -2.20. The summed E-state index contributed by atoms with van der Waals surface area (Å²) in [6, 6.07) is 6.77. The number of aromatic amines is 1. The molecule has 1 aromatic carbocycles. The van der Waals surface area contributed by atoms with Crippen LogP contribution in [0, 0.1) is 19.8 Å². The molecule has 0 aliphatic carbocycles. The molecule has 0 unspecified atom stereocenters. The van der Waals surface area contributed by atoms with Gasteiger partial charge in [0.25, 0.3) is 5.56 Å². The van der Waals surface area contributed by atoms with Crippen LogP contribution in [0.4, 0.5) is 0 Å². The van der Waals surface area contributed by atoms with E-state index in [4.69, 9.17) is 4.74 Å². The molecule has 0 bridgehead atoms. The predicted octanol–water partition coefficient (Wildman–Crippen LogP) is 2.01. The van der Waals surface area contributed by atoms with Crippen molar-refractivity contribution in [2.45, 2.75) is 51.6 Å². The molecule has 1 heterocycles. The Balaban J connectivity index is 2.18. The molecule has 0 saturated carbocycles. The summed E-state index contributed by atoms with van der Waals surface area (Å²) < 4.78 is 33.1. The molecule has 1 aromatic heterocycles. The van der Waals surface area contributed by atoms with Gasteiger partial charge in [0.2, 0.25) is 15.9 Å². The number of ether oxygens (including phenoxy) is 1. The minimum atomic E-state index is -3.91. The molecular weight excluding hydrogens is 406 g/mol. The number of H-pyrrole nitrogens is 1. The maximum atomic E-state index is 12.8. The smallest absolute Gasteiger partial charge is 0.253 e. The SMILES string of the molecule is COc1ccc(S(=O)(=O)N[C@@H](CC(C)C)C(=O)NCc2c(C)cc(C)[nH]c2=O)cc1. The zero-order valence-electron chi connectivity index (χ0n) is 17.9. The lowest BCUT2D eigenvalue weighted by atomic mass is 10.0. The number of carbonyl (C=O) groups is 1. The van der Waals surface area contributed by atoms with E-state index in [1.807, 2.05) is 19.9 Å². The quantitative estimate of drug-likeness (QED) is 0.557. The topological polar surface area (TPSA) is 117 Å². The number of amides is 1. The number of sulfonamides is 1. The van der Waals surface area contributed by atoms with Gasteiger partial charge in [-0.2, -0.15) is 4.72 Å². The fourth-order valence-electron chi connectivity index (χ4n) is 3.09. The summed E-state index contributed by atoms with van der Waals surface area (Å²) in [6.45, 7) is 7.39. The lowest BCUT2D eigenvalue weighted by Crippen LogP contribution is -2.47. The molecule has 1 amide bonds. The Bertz CT molecular complexity index is 1040. The van der Waals surface area contributed by atoms with E-state index in [9.17, 15) is 18.0 Å². The Hall–Kier alpha value is -2.65. The molecule has 8 nitrogen and oxygen atoms in total. The van der Waals surface area contributed by atoms with Crippen LogP contribution >= 0.6 is 0 Å². The lowest BCUT2D eigenvalue weighted by molar-refractivity contribution is -0.123. The van der Waals surface area contributed by atoms with Crippen molar-refractivity contribution in [3.05, 3.63) is 57.5 Å². The molecule has 2 rings (SSSR count). The molecule has 0 radical (unpaired) electrons. The van der Waals surface area contributed by atoms with Crippen LogP contribution in [-0.2, 0) is 21.4 Å². The van der Waals surface area contributed by atoms with Crippen LogP contribution < -0.4 is 20.3 Å². The van der Waals surface area contributed by atoms with E-state index in [-0.39, 0.29) is 22.9 Å². The fourth-order valence-corrected chi connectivity index (χ4v) is 4.30. The molecule has 0 aliphatic heterocycles. The van der Waals surface area contributed by atoms with E-state index in [2.05, 4.69) is 15.0 Å². The van der Waals surface area contributed by atoms with E-state index in [0.717, 1.165) is 11.3 Å².